The third-order valence-electron chi connectivity index (χ3n) is 24.7. The van der Waals surface area contributed by atoms with Gasteiger partial charge in [0.05, 0.1) is 55.8 Å². The third kappa shape index (κ3) is 13.3. The second-order valence-electron chi connectivity index (χ2n) is 31.4. The maximum absolute atomic E-state index is 9.39. The molecule has 6 heteroatoms. The Balaban J connectivity index is 0.000000160. The quantitative estimate of drug-likeness (QED) is 0.0790. The van der Waals surface area contributed by atoms with Crippen LogP contribution in [0.25, 0.3) is 177 Å². The van der Waals surface area contributed by atoms with Gasteiger partial charge < -0.3 is 18.3 Å². The number of hydrogen-bond donors (Lipinski definition) is 0. The Morgan fingerprint density at radius 1 is 0.163 bits per heavy atom. The highest BCUT2D eigenvalue weighted by Gasteiger charge is 2.42. The first kappa shape index (κ1) is 75.8. The molecule has 0 radical (unpaired) electrons. The molecule has 0 amide bonds. The number of nitrogens with zero attached hydrogens (tertiary/aromatic N) is 5. The molecule has 0 saturated carbocycles. The van der Waals surface area contributed by atoms with Crippen molar-refractivity contribution < 1.29 is 0 Å². The molecule has 4 heterocycles. The van der Waals surface area contributed by atoms with E-state index in [-0.39, 0.29) is 14.9 Å². The summed E-state index contributed by atoms with van der Waals surface area (Å²) in [6.45, 7) is 0. The van der Waals surface area contributed by atoms with E-state index in [0.29, 0.717) is 5.56 Å². The summed E-state index contributed by atoms with van der Waals surface area (Å²) in [6.07, 6.45) is 0. The average Bonchev–Trinajstić information content (AvgIpc) is 1.64. The molecular formula is C117H85N5Si. The molecule has 5 nitrogen and oxygen atoms in total. The topological polar surface area (TPSA) is 43.5 Å². The molecule has 0 unspecified atom stereocenters. The number of aromatic nitrogens is 4. The molecule has 23 aromatic rings. The first-order chi connectivity index (χ1) is 59.9. The van der Waals surface area contributed by atoms with Gasteiger partial charge in [-0.05, 0) is 221 Å². The fraction of sp³-hybridized carbons (Fsp3) is 0.0171. The van der Waals surface area contributed by atoms with E-state index in [4.69, 9.17) is 0 Å². The van der Waals surface area contributed by atoms with E-state index in [2.05, 4.69) is 473 Å². The van der Waals surface area contributed by atoms with Gasteiger partial charge in [-0.1, -0.05) is 349 Å². The molecule has 582 valence electrons. The van der Waals surface area contributed by atoms with Gasteiger partial charge in [0.1, 0.15) is 0 Å². The van der Waals surface area contributed by atoms with Gasteiger partial charge in [0.2, 0.25) is 0 Å². The lowest BCUT2D eigenvalue weighted by Crippen LogP contribution is -2.74. The van der Waals surface area contributed by atoms with Crippen LogP contribution in [-0.2, 0) is 0 Å². The molecule has 19 aromatic carbocycles. The van der Waals surface area contributed by atoms with E-state index >= 15 is 0 Å². The molecule has 0 aliphatic carbocycles. The van der Waals surface area contributed by atoms with Crippen molar-refractivity contribution >= 4 is 116 Å². The summed E-state index contributed by atoms with van der Waals surface area (Å²) in [4.78, 5) is 0. The minimum atomic E-state index is -2.81. The van der Waals surface area contributed by atoms with Crippen LogP contribution in [-0.4, -0.2) is 26.3 Å². The first-order valence-corrected chi connectivity index (χ1v) is 43.4. The molecule has 0 saturated heterocycles. The first-order valence-electron chi connectivity index (χ1n) is 41.4. The Hall–Kier alpha value is -15.9. The largest absolute Gasteiger partial charge is 0.309 e. The van der Waals surface area contributed by atoms with Crippen LogP contribution < -0.4 is 20.7 Å². The predicted octanol–water partition coefficient (Wildman–Crippen LogP) is 28.3. The number of hydrogen-bond acceptors (Lipinski definition) is 1. The van der Waals surface area contributed by atoms with E-state index in [0.717, 1.165) is 33.9 Å². The van der Waals surface area contributed by atoms with Crippen molar-refractivity contribution in [3.63, 3.8) is 0 Å². The van der Waals surface area contributed by atoms with Gasteiger partial charge in [0.25, 0.3) is 0 Å². The number of nitriles is 1. The normalized spacial score (nSPS) is 11.4. The molecular weight excluding hydrogens is 1500 g/mol. The maximum Gasteiger partial charge on any atom is 0.179 e. The highest BCUT2D eigenvalue weighted by Crippen LogP contribution is 2.43. The van der Waals surface area contributed by atoms with Gasteiger partial charge in [-0.2, -0.15) is 5.26 Å². The summed E-state index contributed by atoms with van der Waals surface area (Å²) in [7, 11) is -2.81. The van der Waals surface area contributed by atoms with Crippen LogP contribution >= 0.6 is 0 Å². The fourth-order valence-electron chi connectivity index (χ4n) is 18.9. The second-order valence-corrected chi connectivity index (χ2v) is 35.2. The maximum atomic E-state index is 9.39. The third-order valence-corrected chi connectivity index (χ3v) is 29.4. The van der Waals surface area contributed by atoms with Gasteiger partial charge in [-0.3, -0.25) is 0 Å². The van der Waals surface area contributed by atoms with E-state index in [1.165, 1.54) is 164 Å². The van der Waals surface area contributed by atoms with Crippen LogP contribution in [0.1, 0.15) is 20.4 Å². The van der Waals surface area contributed by atoms with Crippen LogP contribution in [0, 0.1) is 11.3 Å². The minimum absolute atomic E-state index is 0. The molecule has 23 rings (SSSR count). The molecule has 0 N–H and O–H groups in total. The molecule has 0 aliphatic rings. The highest BCUT2D eigenvalue weighted by atomic mass is 28.3. The van der Waals surface area contributed by atoms with Gasteiger partial charge in [-0.15, -0.1) is 0 Å². The Bertz CT molecular complexity index is 7780. The Morgan fingerprint density at radius 2 is 0.398 bits per heavy atom. The molecule has 0 aliphatic heterocycles. The van der Waals surface area contributed by atoms with Crippen molar-refractivity contribution in [2.45, 2.75) is 14.9 Å². The van der Waals surface area contributed by atoms with Crippen molar-refractivity contribution in [2.24, 2.45) is 0 Å². The number of rotatable bonds is 14. The molecule has 123 heavy (non-hydrogen) atoms. The summed E-state index contributed by atoms with van der Waals surface area (Å²) in [5.41, 5.74) is 28.9. The molecule has 0 fully saturated rings. The molecule has 0 atom stereocenters. The van der Waals surface area contributed by atoms with Crippen LogP contribution in [0.5, 0.6) is 0 Å². The monoisotopic (exact) mass is 1590 g/mol. The summed E-state index contributed by atoms with van der Waals surface area (Å²) in [6, 6.07) is 172. The summed E-state index contributed by atoms with van der Waals surface area (Å²) in [5.74, 6) is 0. The SMILES string of the molecule is C.C.N#Cc1cccc(-c2ccc(-n3c4ccccc4c4cc(-c5ccc6c(c5)c5ccccc5n6-c5ccc(-c6ccccc6)cc5)ccc43)cc2)c1.c1ccc(-c2ccc(-n3c4ccccc4c4cc(-c5ccc6c(c5)c5ccc([Si](c7ccccc7)(c7ccccc7)c7ccccc7)cc5n6-c5ccc(-c6ccccc6)cc5)ccc43)cc2)cc1. The van der Waals surface area contributed by atoms with Gasteiger partial charge in [0, 0.05) is 65.8 Å². The smallest absolute Gasteiger partial charge is 0.179 e. The highest BCUT2D eigenvalue weighted by molar-refractivity contribution is 7.20. The van der Waals surface area contributed by atoms with Crippen molar-refractivity contribution in [3.05, 3.63) is 473 Å². The summed E-state index contributed by atoms with van der Waals surface area (Å²) in [5, 5.41) is 24.7. The van der Waals surface area contributed by atoms with Crippen LogP contribution in [0.15, 0.2) is 467 Å². The lowest BCUT2D eigenvalue weighted by Gasteiger charge is -2.34. The van der Waals surface area contributed by atoms with E-state index < -0.39 is 8.07 Å². The minimum Gasteiger partial charge on any atom is -0.309 e. The Kier molecular flexibility index (Phi) is 19.8. The van der Waals surface area contributed by atoms with Gasteiger partial charge in [-0.25, -0.2) is 0 Å². The number of fused-ring (bicyclic) bond motifs is 12. The Morgan fingerprint density at radius 3 is 0.715 bits per heavy atom. The predicted molar refractivity (Wildman–Crippen MR) is 525 cm³/mol. The van der Waals surface area contributed by atoms with Crippen molar-refractivity contribution in [1.82, 2.24) is 18.3 Å². The average molecular weight is 1590 g/mol. The summed E-state index contributed by atoms with van der Waals surface area (Å²) >= 11 is 0. The zero-order valence-corrected chi connectivity index (χ0v) is 67.2. The van der Waals surface area contributed by atoms with Gasteiger partial charge >= 0.3 is 0 Å². The van der Waals surface area contributed by atoms with Crippen LogP contribution in [0.3, 0.4) is 0 Å². The number of para-hydroxylation sites is 3. The fourth-order valence-corrected chi connectivity index (χ4v) is 23.7. The van der Waals surface area contributed by atoms with E-state index in [9.17, 15) is 5.26 Å². The zero-order chi connectivity index (χ0) is 80.3. The Labute approximate surface area is 717 Å². The van der Waals surface area contributed by atoms with Crippen molar-refractivity contribution in [3.8, 4) is 95.6 Å². The molecule has 0 spiro atoms. The molecule has 0 bridgehead atoms. The summed E-state index contributed by atoms with van der Waals surface area (Å²) < 4.78 is 9.63. The van der Waals surface area contributed by atoms with Crippen molar-refractivity contribution in [2.75, 3.05) is 0 Å². The molecule has 4 aromatic heterocycles. The van der Waals surface area contributed by atoms with E-state index in [1.807, 2.05) is 18.2 Å². The lowest BCUT2D eigenvalue weighted by molar-refractivity contribution is 1.18. The second kappa shape index (κ2) is 32.1. The number of benzene rings is 19. The standard InChI is InChI=1S/C66H46N2Si.C49H31N3.2CH4/c1-6-18-47(19-7-1)49-30-36-53(37-31-49)67-63-29-17-16-28-59(63)61-44-51(34-42-64(61)67)52-35-43-65-62(45-52)60-41-40-58(46-66(60)68(65)54-38-32-50(33-39-54)48-20-8-2-9-21-48)69(55-22-10-3-11-23-55,56-24-12-4-13-25-56)57-26-14-5-15-27-57;50-32-33-9-8-12-37(29-33)36-19-25-41(26-20-36)52-47-16-7-5-14-43(47)45-31-39(22-28-49(45)52)38-21-27-48-44(30-38)42-13-4-6-15-46(42)51(48)40-23-17-35(18-24-40)34-10-2-1-3-11-34;;/h1-46H;1-31H;2*1H4. The lowest BCUT2D eigenvalue weighted by atomic mass is 10.0. The van der Waals surface area contributed by atoms with Crippen molar-refractivity contribution in [1.29, 1.82) is 5.26 Å². The van der Waals surface area contributed by atoms with Gasteiger partial charge in [0.15, 0.2) is 8.07 Å². The zero-order valence-electron chi connectivity index (χ0n) is 66.2. The van der Waals surface area contributed by atoms with Crippen LogP contribution in [0.2, 0.25) is 0 Å². The van der Waals surface area contributed by atoms with E-state index in [1.54, 1.807) is 0 Å². The van der Waals surface area contributed by atoms with Crippen LogP contribution in [0.4, 0.5) is 0 Å².